The van der Waals surface area contributed by atoms with Gasteiger partial charge in [-0.25, -0.2) is 0 Å². The molecular formula is C28H32N2O2. The van der Waals surface area contributed by atoms with Crippen LogP contribution in [0.25, 0.3) is 0 Å². The highest BCUT2D eigenvalue weighted by atomic mass is 16.5. The highest BCUT2D eigenvalue weighted by molar-refractivity contribution is 5.77. The number of amides is 1. The third-order valence-electron chi connectivity index (χ3n) is 6.20. The lowest BCUT2D eigenvalue weighted by Crippen LogP contribution is -2.46. The number of carbonyl (C=O) groups is 1. The quantitative estimate of drug-likeness (QED) is 0.529. The molecule has 0 aliphatic carbocycles. The smallest absolute Gasteiger partial charge is 0.258 e. The van der Waals surface area contributed by atoms with Crippen LogP contribution >= 0.6 is 0 Å². The summed E-state index contributed by atoms with van der Waals surface area (Å²) in [7, 11) is 0. The van der Waals surface area contributed by atoms with Crippen molar-refractivity contribution in [2.45, 2.75) is 31.2 Å². The molecule has 0 saturated carbocycles. The van der Waals surface area contributed by atoms with Crippen molar-refractivity contribution in [2.24, 2.45) is 0 Å². The highest BCUT2D eigenvalue weighted by Crippen LogP contribution is 2.28. The van der Waals surface area contributed by atoms with Crippen molar-refractivity contribution in [3.63, 3.8) is 0 Å². The average Bonchev–Trinajstić information content (AvgIpc) is 2.86. The number of piperidine rings is 1. The summed E-state index contributed by atoms with van der Waals surface area (Å²) in [5.74, 6) is 1.09. The number of carbonyl (C=O) groups excluding carboxylic acids is 1. The molecule has 32 heavy (non-hydrogen) atoms. The average molecular weight is 429 g/mol. The van der Waals surface area contributed by atoms with Crippen LogP contribution in [0.4, 0.5) is 0 Å². The van der Waals surface area contributed by atoms with Crippen molar-refractivity contribution in [3.05, 3.63) is 102 Å². The van der Waals surface area contributed by atoms with Gasteiger partial charge in [-0.05, 0) is 49.1 Å². The van der Waals surface area contributed by atoms with Crippen molar-refractivity contribution in [2.75, 3.05) is 26.2 Å². The maximum atomic E-state index is 12.2. The van der Waals surface area contributed by atoms with E-state index in [0.29, 0.717) is 5.92 Å². The molecule has 0 aromatic heterocycles. The Kier molecular flexibility index (Phi) is 7.94. The highest BCUT2D eigenvalue weighted by Gasteiger charge is 2.22. The Bertz CT molecular complexity index is 899. The van der Waals surface area contributed by atoms with E-state index in [9.17, 15) is 4.79 Å². The largest absolute Gasteiger partial charge is 0.484 e. The molecule has 166 valence electrons. The first-order valence-corrected chi connectivity index (χ1v) is 11.6. The minimum atomic E-state index is -0.0412. The molecule has 3 aromatic carbocycles. The van der Waals surface area contributed by atoms with Gasteiger partial charge >= 0.3 is 0 Å². The van der Waals surface area contributed by atoms with Crippen molar-refractivity contribution in [3.8, 4) is 5.75 Å². The fraction of sp³-hybridized carbons (Fsp3) is 0.321. The lowest BCUT2D eigenvalue weighted by molar-refractivity contribution is -0.124. The van der Waals surface area contributed by atoms with Crippen LogP contribution in [0.5, 0.6) is 5.75 Å². The van der Waals surface area contributed by atoms with E-state index in [1.54, 1.807) is 0 Å². The first kappa shape index (κ1) is 22.1. The zero-order valence-corrected chi connectivity index (χ0v) is 18.5. The Hall–Kier alpha value is -3.11. The minimum Gasteiger partial charge on any atom is -0.484 e. The van der Waals surface area contributed by atoms with Crippen LogP contribution in [-0.2, 0) is 4.79 Å². The fourth-order valence-electron chi connectivity index (χ4n) is 4.44. The van der Waals surface area contributed by atoms with Crippen LogP contribution in [0.3, 0.4) is 0 Å². The summed E-state index contributed by atoms with van der Waals surface area (Å²) in [4.78, 5) is 14.8. The maximum absolute atomic E-state index is 12.2. The van der Waals surface area contributed by atoms with E-state index < -0.39 is 0 Å². The van der Waals surface area contributed by atoms with Crippen molar-refractivity contribution < 1.29 is 9.53 Å². The van der Waals surface area contributed by atoms with Crippen molar-refractivity contribution in [1.29, 1.82) is 0 Å². The molecule has 0 spiro atoms. The zero-order valence-electron chi connectivity index (χ0n) is 18.5. The Morgan fingerprint density at radius 2 is 1.38 bits per heavy atom. The molecule has 1 saturated heterocycles. The van der Waals surface area contributed by atoms with Gasteiger partial charge < -0.3 is 15.0 Å². The molecule has 1 amide bonds. The van der Waals surface area contributed by atoms with Gasteiger partial charge in [0.2, 0.25) is 0 Å². The molecule has 0 bridgehead atoms. The van der Waals surface area contributed by atoms with Gasteiger partial charge in [-0.1, -0.05) is 78.9 Å². The Morgan fingerprint density at radius 1 is 0.844 bits per heavy atom. The Morgan fingerprint density at radius 3 is 1.94 bits per heavy atom. The predicted octanol–water partition coefficient (Wildman–Crippen LogP) is 4.87. The number of nitrogens with zero attached hydrogens (tertiary/aromatic N) is 1. The number of benzene rings is 3. The molecule has 1 heterocycles. The molecule has 4 heteroatoms. The van der Waals surface area contributed by atoms with E-state index in [1.807, 2.05) is 30.3 Å². The number of hydrogen-bond donors (Lipinski definition) is 1. The fourth-order valence-corrected chi connectivity index (χ4v) is 4.44. The molecule has 1 aliphatic rings. The lowest BCUT2D eigenvalue weighted by Gasteiger charge is -2.33. The second kappa shape index (κ2) is 11.5. The standard InChI is InChI=1S/C28H32N2O2/c31-28(22-32-26-14-8-3-9-15-26)29-25-16-19-30(20-17-25)21-18-27(23-10-4-1-5-11-23)24-12-6-2-7-13-24/h1-15,25,27H,16-22H2,(H,29,31). The first-order valence-electron chi connectivity index (χ1n) is 11.6. The maximum Gasteiger partial charge on any atom is 0.258 e. The molecule has 0 atom stereocenters. The van der Waals surface area contributed by atoms with Gasteiger partial charge in [0.1, 0.15) is 5.75 Å². The van der Waals surface area contributed by atoms with Crippen LogP contribution in [0.2, 0.25) is 0 Å². The molecule has 0 unspecified atom stereocenters. The van der Waals surface area contributed by atoms with Crippen molar-refractivity contribution >= 4 is 5.91 Å². The van der Waals surface area contributed by atoms with Crippen LogP contribution < -0.4 is 10.1 Å². The number of likely N-dealkylation sites (tertiary alicyclic amines) is 1. The summed E-state index contributed by atoms with van der Waals surface area (Å²) >= 11 is 0. The van der Waals surface area contributed by atoms with Gasteiger partial charge in [-0.2, -0.15) is 0 Å². The summed E-state index contributed by atoms with van der Waals surface area (Å²) in [6.07, 6.45) is 3.06. The van der Waals surface area contributed by atoms with Crippen LogP contribution in [-0.4, -0.2) is 43.1 Å². The molecular weight excluding hydrogens is 396 g/mol. The zero-order chi connectivity index (χ0) is 22.0. The van der Waals surface area contributed by atoms with E-state index >= 15 is 0 Å². The van der Waals surface area contributed by atoms with Crippen LogP contribution in [0.1, 0.15) is 36.3 Å². The Balaban J connectivity index is 1.23. The number of rotatable bonds is 9. The van der Waals surface area contributed by atoms with E-state index in [4.69, 9.17) is 4.74 Å². The predicted molar refractivity (Wildman–Crippen MR) is 129 cm³/mol. The van der Waals surface area contributed by atoms with E-state index in [-0.39, 0.29) is 18.6 Å². The molecule has 4 nitrogen and oxygen atoms in total. The molecule has 1 aliphatic heterocycles. The number of para-hydroxylation sites is 1. The molecule has 1 fully saturated rings. The summed E-state index contributed by atoms with van der Waals surface area (Å²) in [5.41, 5.74) is 2.75. The second-order valence-electron chi connectivity index (χ2n) is 8.45. The van der Waals surface area contributed by atoms with Gasteiger partial charge in [0.25, 0.3) is 5.91 Å². The number of hydrogen-bond acceptors (Lipinski definition) is 3. The normalized spacial score (nSPS) is 14.9. The summed E-state index contributed by atoms with van der Waals surface area (Å²) < 4.78 is 5.56. The lowest BCUT2D eigenvalue weighted by atomic mass is 9.88. The van der Waals surface area contributed by atoms with Crippen LogP contribution in [0, 0.1) is 0 Å². The van der Waals surface area contributed by atoms with Crippen LogP contribution in [0.15, 0.2) is 91.0 Å². The molecule has 0 radical (unpaired) electrons. The van der Waals surface area contributed by atoms with E-state index in [0.717, 1.165) is 44.6 Å². The third kappa shape index (κ3) is 6.44. The topological polar surface area (TPSA) is 41.6 Å². The van der Waals surface area contributed by atoms with Gasteiger partial charge in [-0.15, -0.1) is 0 Å². The van der Waals surface area contributed by atoms with Gasteiger partial charge in [0, 0.05) is 25.0 Å². The minimum absolute atomic E-state index is 0.0412. The second-order valence-corrected chi connectivity index (χ2v) is 8.45. The number of nitrogens with one attached hydrogen (secondary N) is 1. The first-order chi connectivity index (χ1) is 15.8. The summed E-state index contributed by atoms with van der Waals surface area (Å²) in [6, 6.07) is 31.3. The Labute approximate surface area is 191 Å². The van der Waals surface area contributed by atoms with Gasteiger partial charge in [0.15, 0.2) is 6.61 Å². The third-order valence-corrected chi connectivity index (χ3v) is 6.20. The molecule has 4 rings (SSSR count). The summed E-state index contributed by atoms with van der Waals surface area (Å²) in [6.45, 7) is 3.16. The van der Waals surface area contributed by atoms with E-state index in [2.05, 4.69) is 70.9 Å². The van der Waals surface area contributed by atoms with E-state index in [1.165, 1.54) is 11.1 Å². The summed E-state index contributed by atoms with van der Waals surface area (Å²) in [5, 5.41) is 3.14. The van der Waals surface area contributed by atoms with Gasteiger partial charge in [-0.3, -0.25) is 4.79 Å². The SMILES string of the molecule is O=C(COc1ccccc1)NC1CCN(CCC(c2ccccc2)c2ccccc2)CC1. The van der Waals surface area contributed by atoms with Crippen molar-refractivity contribution in [1.82, 2.24) is 10.2 Å². The molecule has 1 N–H and O–H groups in total. The number of ether oxygens (including phenoxy) is 1. The molecule has 3 aromatic rings. The monoisotopic (exact) mass is 428 g/mol. The van der Waals surface area contributed by atoms with Gasteiger partial charge in [0.05, 0.1) is 0 Å².